The van der Waals surface area contributed by atoms with Crippen LogP contribution in [0.25, 0.3) is 0 Å². The maximum atomic E-state index is 11.9. The number of fused-ring (bicyclic) bond motifs is 1. The van der Waals surface area contributed by atoms with Gasteiger partial charge in [-0.25, -0.2) is 8.42 Å². The molecule has 0 atom stereocenters. The summed E-state index contributed by atoms with van der Waals surface area (Å²) in [5, 5.41) is 0. The summed E-state index contributed by atoms with van der Waals surface area (Å²) in [4.78, 5) is 11.9. The normalized spacial score (nSPS) is 15.8. The first-order valence-electron chi connectivity index (χ1n) is 5.73. The van der Waals surface area contributed by atoms with E-state index >= 15 is 0 Å². The fourth-order valence-corrected chi connectivity index (χ4v) is 2.85. The first kappa shape index (κ1) is 12.3. The Bertz CT molecular complexity index is 506. The molecule has 0 heterocycles. The lowest BCUT2D eigenvalue weighted by Crippen LogP contribution is -2.18. The van der Waals surface area contributed by atoms with Gasteiger partial charge in [0.05, 0.1) is 5.75 Å². The minimum Gasteiger partial charge on any atom is -0.299 e. The number of hydrogen-bond donors (Lipinski definition) is 0. The lowest BCUT2D eigenvalue weighted by Gasteiger charge is -2.06. The van der Waals surface area contributed by atoms with Gasteiger partial charge in [0, 0.05) is 18.6 Å². The number of Topliss-reactive ketones (excluding diaryl/α,β-unsaturated/α-hetero) is 1. The third kappa shape index (κ3) is 3.16. The van der Waals surface area contributed by atoms with Crippen LogP contribution < -0.4 is 0 Å². The molecular weight excluding hydrogens is 236 g/mol. The molecule has 0 bridgehead atoms. The molecule has 0 fully saturated rings. The lowest BCUT2D eigenvalue weighted by atomic mass is 9.99. The van der Waals surface area contributed by atoms with Crippen LogP contribution in [-0.2, 0) is 27.5 Å². The molecular formula is C13H16O3S. The summed E-state index contributed by atoms with van der Waals surface area (Å²) in [6, 6.07) is 8.03. The maximum absolute atomic E-state index is 11.9. The first-order chi connectivity index (χ1) is 7.96. The van der Waals surface area contributed by atoms with E-state index in [1.807, 2.05) is 24.3 Å². The van der Waals surface area contributed by atoms with Crippen molar-refractivity contribution in [2.75, 3.05) is 12.0 Å². The zero-order valence-electron chi connectivity index (χ0n) is 9.85. The van der Waals surface area contributed by atoms with E-state index in [2.05, 4.69) is 0 Å². The van der Waals surface area contributed by atoms with Crippen LogP contribution in [0.3, 0.4) is 0 Å². The molecule has 17 heavy (non-hydrogen) atoms. The molecule has 0 aliphatic heterocycles. The Hall–Kier alpha value is -1.16. The fourth-order valence-electron chi connectivity index (χ4n) is 2.28. The number of carbonyl (C=O) groups is 1. The fraction of sp³-hybridized carbons (Fsp3) is 0.462. The minimum atomic E-state index is -3.04. The van der Waals surface area contributed by atoms with Gasteiger partial charge in [-0.05, 0) is 24.0 Å². The largest absolute Gasteiger partial charge is 0.299 e. The molecule has 92 valence electrons. The van der Waals surface area contributed by atoms with Crippen molar-refractivity contribution in [3.63, 3.8) is 0 Å². The molecule has 4 heteroatoms. The minimum absolute atomic E-state index is 0.0193. The van der Waals surface area contributed by atoms with E-state index in [9.17, 15) is 13.2 Å². The standard InChI is InChI=1S/C13H16O3S/c1-17(15,16)7-6-13(14)12-8-10-4-2-3-5-11(10)9-12/h2-5,12H,6-9H2,1H3. The first-order valence-corrected chi connectivity index (χ1v) is 7.79. The Labute approximate surface area is 102 Å². The Balaban J connectivity index is 1.97. The highest BCUT2D eigenvalue weighted by Gasteiger charge is 2.26. The third-order valence-corrected chi connectivity index (χ3v) is 4.17. The average molecular weight is 252 g/mol. The van der Waals surface area contributed by atoms with Gasteiger partial charge < -0.3 is 0 Å². The van der Waals surface area contributed by atoms with Gasteiger partial charge in [0.15, 0.2) is 0 Å². The van der Waals surface area contributed by atoms with Gasteiger partial charge in [0.2, 0.25) is 0 Å². The molecule has 0 aromatic heterocycles. The number of ketones is 1. The number of sulfone groups is 1. The van der Waals surface area contributed by atoms with E-state index in [-0.39, 0.29) is 23.9 Å². The van der Waals surface area contributed by atoms with Crippen molar-refractivity contribution in [2.45, 2.75) is 19.3 Å². The van der Waals surface area contributed by atoms with Crippen LogP contribution >= 0.6 is 0 Å². The van der Waals surface area contributed by atoms with Crippen LogP contribution in [0.15, 0.2) is 24.3 Å². The zero-order valence-corrected chi connectivity index (χ0v) is 10.7. The summed E-state index contributed by atoms with van der Waals surface area (Å²) in [6.45, 7) is 0. The molecule has 0 unspecified atom stereocenters. The lowest BCUT2D eigenvalue weighted by molar-refractivity contribution is -0.122. The van der Waals surface area contributed by atoms with E-state index < -0.39 is 9.84 Å². The van der Waals surface area contributed by atoms with E-state index in [1.54, 1.807) is 0 Å². The topological polar surface area (TPSA) is 51.2 Å². The van der Waals surface area contributed by atoms with Crippen molar-refractivity contribution >= 4 is 15.6 Å². The summed E-state index contributed by atoms with van der Waals surface area (Å²) >= 11 is 0. The summed E-state index contributed by atoms with van der Waals surface area (Å²) < 4.78 is 22.0. The summed E-state index contributed by atoms with van der Waals surface area (Å²) in [5.74, 6) is 0.0272. The second-order valence-electron chi connectivity index (χ2n) is 4.72. The molecule has 0 radical (unpaired) electrons. The third-order valence-electron chi connectivity index (χ3n) is 3.23. The second kappa shape index (κ2) is 4.61. The van der Waals surface area contributed by atoms with Crippen molar-refractivity contribution in [3.8, 4) is 0 Å². The smallest absolute Gasteiger partial charge is 0.147 e. The molecule has 0 saturated heterocycles. The predicted molar refractivity (Wildman–Crippen MR) is 66.7 cm³/mol. The molecule has 0 spiro atoms. The average Bonchev–Trinajstić information content (AvgIpc) is 2.68. The van der Waals surface area contributed by atoms with Crippen LogP contribution in [0.1, 0.15) is 17.5 Å². The van der Waals surface area contributed by atoms with Crippen LogP contribution in [0.2, 0.25) is 0 Å². The molecule has 2 rings (SSSR count). The van der Waals surface area contributed by atoms with Crippen molar-refractivity contribution in [1.82, 2.24) is 0 Å². The number of benzene rings is 1. The zero-order chi connectivity index (χ0) is 12.5. The van der Waals surface area contributed by atoms with E-state index in [0.29, 0.717) is 0 Å². The quantitative estimate of drug-likeness (QED) is 0.814. The number of rotatable bonds is 4. The van der Waals surface area contributed by atoms with Gasteiger partial charge in [0.1, 0.15) is 15.6 Å². The molecule has 1 aliphatic rings. The van der Waals surface area contributed by atoms with Gasteiger partial charge in [-0.2, -0.15) is 0 Å². The van der Waals surface area contributed by atoms with Gasteiger partial charge >= 0.3 is 0 Å². The summed E-state index contributed by atoms with van der Waals surface area (Å²) in [7, 11) is -3.04. The molecule has 0 N–H and O–H groups in total. The Morgan fingerprint density at radius 1 is 1.24 bits per heavy atom. The highest BCUT2D eigenvalue weighted by Crippen LogP contribution is 2.27. The molecule has 1 aliphatic carbocycles. The molecule has 1 aromatic carbocycles. The number of hydrogen-bond acceptors (Lipinski definition) is 3. The maximum Gasteiger partial charge on any atom is 0.147 e. The monoisotopic (exact) mass is 252 g/mol. The van der Waals surface area contributed by atoms with Gasteiger partial charge in [-0.3, -0.25) is 4.79 Å². The Morgan fingerprint density at radius 3 is 2.24 bits per heavy atom. The molecule has 3 nitrogen and oxygen atoms in total. The van der Waals surface area contributed by atoms with Crippen molar-refractivity contribution in [3.05, 3.63) is 35.4 Å². The summed E-state index contributed by atoms with van der Waals surface area (Å²) in [5.41, 5.74) is 2.45. The number of carbonyl (C=O) groups excluding carboxylic acids is 1. The Morgan fingerprint density at radius 2 is 1.76 bits per heavy atom. The van der Waals surface area contributed by atoms with E-state index in [1.165, 1.54) is 17.4 Å². The van der Waals surface area contributed by atoms with E-state index in [0.717, 1.165) is 12.8 Å². The van der Waals surface area contributed by atoms with Crippen molar-refractivity contribution in [1.29, 1.82) is 0 Å². The highest BCUT2D eigenvalue weighted by atomic mass is 32.2. The van der Waals surface area contributed by atoms with Gasteiger partial charge in [-0.1, -0.05) is 24.3 Å². The highest BCUT2D eigenvalue weighted by molar-refractivity contribution is 7.90. The van der Waals surface area contributed by atoms with Crippen LogP contribution in [-0.4, -0.2) is 26.2 Å². The summed E-state index contributed by atoms with van der Waals surface area (Å²) in [6.07, 6.45) is 2.85. The molecule has 0 amide bonds. The van der Waals surface area contributed by atoms with Crippen LogP contribution in [0.5, 0.6) is 0 Å². The Kier molecular flexibility index (Phi) is 3.33. The molecule has 0 saturated carbocycles. The van der Waals surface area contributed by atoms with Gasteiger partial charge in [0.25, 0.3) is 0 Å². The van der Waals surface area contributed by atoms with Crippen molar-refractivity contribution in [2.24, 2.45) is 5.92 Å². The van der Waals surface area contributed by atoms with Crippen LogP contribution in [0.4, 0.5) is 0 Å². The predicted octanol–water partition coefficient (Wildman–Crippen LogP) is 1.41. The molecule has 1 aromatic rings. The second-order valence-corrected chi connectivity index (χ2v) is 6.98. The van der Waals surface area contributed by atoms with Crippen molar-refractivity contribution < 1.29 is 13.2 Å². The van der Waals surface area contributed by atoms with E-state index in [4.69, 9.17) is 0 Å². The van der Waals surface area contributed by atoms with Crippen LogP contribution in [0, 0.1) is 5.92 Å². The SMILES string of the molecule is CS(=O)(=O)CCC(=O)C1Cc2ccccc2C1. The van der Waals surface area contributed by atoms with Gasteiger partial charge in [-0.15, -0.1) is 0 Å².